The SMILES string of the molecule is C=Cc1cccc(C(C)C(O)=[SH]CCCC)c1. The fourth-order valence-corrected chi connectivity index (χ4v) is 2.72. The van der Waals surface area contributed by atoms with Crippen LogP contribution in [0.5, 0.6) is 0 Å². The first-order valence-corrected chi connectivity index (χ1v) is 7.22. The lowest BCUT2D eigenvalue weighted by molar-refractivity contribution is 0.538. The molecule has 1 aromatic rings. The molecule has 0 aliphatic rings. The quantitative estimate of drug-likeness (QED) is 0.436. The van der Waals surface area contributed by atoms with E-state index < -0.39 is 0 Å². The van der Waals surface area contributed by atoms with Crippen LogP contribution in [0.2, 0.25) is 0 Å². The lowest BCUT2D eigenvalue weighted by Gasteiger charge is -2.12. The summed E-state index contributed by atoms with van der Waals surface area (Å²) in [6.45, 7) is 7.99. The van der Waals surface area contributed by atoms with Crippen LogP contribution in [-0.4, -0.2) is 15.9 Å². The van der Waals surface area contributed by atoms with Crippen molar-refractivity contribution in [3.63, 3.8) is 0 Å². The van der Waals surface area contributed by atoms with E-state index in [2.05, 4.69) is 32.6 Å². The molecule has 17 heavy (non-hydrogen) atoms. The summed E-state index contributed by atoms with van der Waals surface area (Å²) in [7, 11) is 0. The van der Waals surface area contributed by atoms with Crippen molar-refractivity contribution in [2.24, 2.45) is 0 Å². The van der Waals surface area contributed by atoms with Gasteiger partial charge in [-0.15, -0.1) is 0 Å². The Balaban J connectivity index is 2.76. The molecule has 1 N–H and O–H groups in total. The highest BCUT2D eigenvalue weighted by Crippen LogP contribution is 2.20. The number of rotatable bonds is 6. The van der Waals surface area contributed by atoms with Crippen molar-refractivity contribution >= 4 is 22.5 Å². The van der Waals surface area contributed by atoms with Crippen molar-refractivity contribution in [3.05, 3.63) is 42.0 Å². The maximum Gasteiger partial charge on any atom is 0.0767 e. The molecule has 1 unspecified atom stereocenters. The number of benzene rings is 1. The number of hydrogen-bond donors (Lipinski definition) is 2. The van der Waals surface area contributed by atoms with Crippen LogP contribution in [0.1, 0.15) is 43.7 Å². The van der Waals surface area contributed by atoms with Crippen LogP contribution in [0.25, 0.3) is 6.08 Å². The summed E-state index contributed by atoms with van der Waals surface area (Å²) in [6, 6.07) is 8.18. The van der Waals surface area contributed by atoms with Crippen LogP contribution < -0.4 is 0 Å². The van der Waals surface area contributed by atoms with E-state index in [1.165, 1.54) is 12.8 Å². The second kappa shape index (κ2) is 7.46. The van der Waals surface area contributed by atoms with Gasteiger partial charge in [-0.25, -0.2) is 0 Å². The Kier molecular flexibility index (Phi) is 6.23. The molecule has 94 valence electrons. The summed E-state index contributed by atoms with van der Waals surface area (Å²) in [5, 5.41) is 10.6. The summed E-state index contributed by atoms with van der Waals surface area (Å²) in [4.78, 5) is 0. The van der Waals surface area contributed by atoms with E-state index in [0.29, 0.717) is 5.05 Å². The first-order chi connectivity index (χ1) is 8.19. The molecule has 0 aliphatic heterocycles. The number of aliphatic hydroxyl groups is 1. The third-order valence-electron chi connectivity index (χ3n) is 2.82. The largest absolute Gasteiger partial charge is 0.359 e. The number of aliphatic hydroxyl groups excluding tert-OH is 1. The zero-order chi connectivity index (χ0) is 12.7. The Morgan fingerprint density at radius 2 is 2.29 bits per heavy atom. The van der Waals surface area contributed by atoms with E-state index in [0.717, 1.165) is 28.2 Å². The van der Waals surface area contributed by atoms with Gasteiger partial charge >= 0.3 is 0 Å². The Bertz CT molecular complexity index is 396. The minimum atomic E-state index is 0.105. The van der Waals surface area contributed by atoms with Gasteiger partial charge in [-0.1, -0.05) is 57.2 Å². The van der Waals surface area contributed by atoms with Gasteiger partial charge in [0.05, 0.1) is 5.05 Å². The Morgan fingerprint density at radius 3 is 2.94 bits per heavy atom. The molecule has 0 aromatic heterocycles. The zero-order valence-corrected chi connectivity index (χ0v) is 11.6. The monoisotopic (exact) mass is 250 g/mol. The summed E-state index contributed by atoms with van der Waals surface area (Å²) in [6.07, 6.45) is 4.19. The third kappa shape index (κ3) is 4.49. The van der Waals surface area contributed by atoms with Crippen molar-refractivity contribution in [2.45, 2.75) is 32.6 Å². The van der Waals surface area contributed by atoms with E-state index in [1.807, 2.05) is 18.2 Å². The van der Waals surface area contributed by atoms with Gasteiger partial charge in [0.1, 0.15) is 0 Å². The molecule has 0 fully saturated rings. The van der Waals surface area contributed by atoms with Gasteiger partial charge < -0.3 is 5.11 Å². The molecule has 0 radical (unpaired) electrons. The summed E-state index contributed by atoms with van der Waals surface area (Å²) >= 11 is 1.06. The van der Waals surface area contributed by atoms with Gasteiger partial charge in [0.2, 0.25) is 0 Å². The van der Waals surface area contributed by atoms with Crippen molar-refractivity contribution in [3.8, 4) is 0 Å². The molecule has 0 spiro atoms. The lowest BCUT2D eigenvalue weighted by atomic mass is 10.00. The maximum absolute atomic E-state index is 10.0. The third-order valence-corrected chi connectivity index (χ3v) is 4.07. The van der Waals surface area contributed by atoms with Crippen LogP contribution in [0.15, 0.2) is 30.8 Å². The highest BCUT2D eigenvalue weighted by atomic mass is 32.1. The van der Waals surface area contributed by atoms with E-state index in [4.69, 9.17) is 0 Å². The second-order valence-corrected chi connectivity index (χ2v) is 5.41. The van der Waals surface area contributed by atoms with Crippen LogP contribution in [0.3, 0.4) is 0 Å². The maximum atomic E-state index is 10.0. The molecule has 2 heteroatoms. The number of hydrogen-bond acceptors (Lipinski definition) is 0. The zero-order valence-electron chi connectivity index (χ0n) is 10.7. The molecular weight excluding hydrogens is 228 g/mol. The molecule has 1 atom stereocenters. The van der Waals surface area contributed by atoms with Crippen LogP contribution in [0.4, 0.5) is 0 Å². The molecule has 0 amide bonds. The van der Waals surface area contributed by atoms with Crippen molar-refractivity contribution in [2.75, 3.05) is 5.75 Å². The summed E-state index contributed by atoms with van der Waals surface area (Å²) < 4.78 is 0. The average Bonchev–Trinajstić information content (AvgIpc) is 2.38. The van der Waals surface area contributed by atoms with Crippen molar-refractivity contribution in [1.29, 1.82) is 0 Å². The Morgan fingerprint density at radius 1 is 1.53 bits per heavy atom. The minimum absolute atomic E-state index is 0.105. The standard InChI is InChI=1S/C15H22OS/c1-4-6-10-17-15(16)12(3)14-9-7-8-13(5-2)11-14/h5,7-9,11-12,16-17H,2,4,6,10H2,1,3H3. The Labute approximate surface area is 108 Å². The van der Waals surface area contributed by atoms with Gasteiger partial charge in [0.15, 0.2) is 0 Å². The van der Waals surface area contributed by atoms with Crippen LogP contribution in [0, 0.1) is 0 Å². The van der Waals surface area contributed by atoms with Crippen LogP contribution >= 0.6 is 11.4 Å². The van der Waals surface area contributed by atoms with Crippen molar-refractivity contribution in [1.82, 2.24) is 0 Å². The molecule has 1 aromatic carbocycles. The molecule has 0 heterocycles. The van der Waals surface area contributed by atoms with E-state index in [1.54, 1.807) is 0 Å². The minimum Gasteiger partial charge on any atom is -0.359 e. The second-order valence-electron chi connectivity index (χ2n) is 4.19. The molecule has 1 rings (SSSR count). The first kappa shape index (κ1) is 14.2. The van der Waals surface area contributed by atoms with Crippen LogP contribution in [-0.2, 0) is 0 Å². The summed E-state index contributed by atoms with van der Waals surface area (Å²) in [5.41, 5.74) is 2.26. The number of unbranched alkanes of at least 4 members (excludes halogenated alkanes) is 1. The Hall–Kier alpha value is -0.860. The summed E-state index contributed by atoms with van der Waals surface area (Å²) in [5.74, 6) is 1.15. The molecule has 0 bridgehead atoms. The fraction of sp³-hybridized carbons (Fsp3) is 0.400. The molecular formula is C15H22OS. The van der Waals surface area contributed by atoms with Gasteiger partial charge in [0, 0.05) is 5.92 Å². The molecule has 1 nitrogen and oxygen atoms in total. The van der Waals surface area contributed by atoms with E-state index in [-0.39, 0.29) is 5.92 Å². The molecule has 0 aliphatic carbocycles. The van der Waals surface area contributed by atoms with Crippen molar-refractivity contribution < 1.29 is 5.11 Å². The highest BCUT2D eigenvalue weighted by molar-refractivity contribution is 7.98. The highest BCUT2D eigenvalue weighted by Gasteiger charge is 2.09. The van der Waals surface area contributed by atoms with Gasteiger partial charge in [-0.2, -0.15) is 11.4 Å². The molecule has 0 saturated carbocycles. The topological polar surface area (TPSA) is 20.2 Å². The predicted octanol–water partition coefficient (Wildman–Crippen LogP) is 4.39. The fourth-order valence-electron chi connectivity index (χ4n) is 1.59. The normalized spacial score (nSPS) is 13.9. The van der Waals surface area contributed by atoms with Gasteiger partial charge in [-0.05, 0) is 23.3 Å². The van der Waals surface area contributed by atoms with E-state index in [9.17, 15) is 5.11 Å². The first-order valence-electron chi connectivity index (χ1n) is 6.14. The van der Waals surface area contributed by atoms with Gasteiger partial charge in [-0.3, -0.25) is 0 Å². The predicted molar refractivity (Wildman–Crippen MR) is 81.3 cm³/mol. The number of thiol groups is 1. The van der Waals surface area contributed by atoms with Gasteiger partial charge in [0.25, 0.3) is 0 Å². The lowest BCUT2D eigenvalue weighted by Crippen LogP contribution is -2.07. The molecule has 0 saturated heterocycles. The average molecular weight is 250 g/mol. The van der Waals surface area contributed by atoms with E-state index >= 15 is 0 Å². The smallest absolute Gasteiger partial charge is 0.0767 e.